The Hall–Kier alpha value is -0.850. The zero-order chi connectivity index (χ0) is 7.52. The molecule has 0 saturated heterocycles. The maximum Gasteiger partial charge on any atom is 0.0388 e. The number of rotatable bonds is 0. The highest BCUT2D eigenvalue weighted by Crippen LogP contribution is 2.22. The molecule has 0 radical (unpaired) electrons. The van der Waals surface area contributed by atoms with E-state index in [4.69, 9.17) is 0 Å². The first-order valence-corrected chi connectivity index (χ1v) is 4.31. The zero-order valence-electron chi connectivity index (χ0n) is 6.66. The SMILES string of the molecule is C1=CC2C=NCCCC(=C1)C2. The quantitative estimate of drug-likeness (QED) is 0.498. The average Bonchev–Trinajstić information content (AvgIpc) is 2.02. The normalized spacial score (nSPS) is 29.1. The van der Waals surface area contributed by atoms with Gasteiger partial charge in [-0.1, -0.05) is 23.8 Å². The summed E-state index contributed by atoms with van der Waals surface area (Å²) in [6, 6.07) is 0. The van der Waals surface area contributed by atoms with Crippen molar-refractivity contribution in [3.05, 3.63) is 23.8 Å². The van der Waals surface area contributed by atoms with Gasteiger partial charge in [0.2, 0.25) is 0 Å². The number of hydrogen-bond acceptors (Lipinski definition) is 1. The maximum absolute atomic E-state index is 4.35. The van der Waals surface area contributed by atoms with Gasteiger partial charge in [-0.05, 0) is 19.3 Å². The fourth-order valence-electron chi connectivity index (χ4n) is 1.67. The molecule has 0 saturated carbocycles. The lowest BCUT2D eigenvalue weighted by molar-refractivity contribution is 0.715. The highest BCUT2D eigenvalue weighted by Gasteiger charge is 2.10. The summed E-state index contributed by atoms with van der Waals surface area (Å²) in [5.41, 5.74) is 1.60. The van der Waals surface area contributed by atoms with Crippen LogP contribution in [0.1, 0.15) is 19.3 Å². The fourth-order valence-corrected chi connectivity index (χ4v) is 1.67. The Labute approximate surface area is 67.5 Å². The first-order valence-electron chi connectivity index (χ1n) is 4.31. The molecule has 2 aliphatic rings. The summed E-state index contributed by atoms with van der Waals surface area (Å²) in [6.45, 7) is 1.02. The van der Waals surface area contributed by atoms with Crippen LogP contribution >= 0.6 is 0 Å². The van der Waals surface area contributed by atoms with Crippen LogP contribution in [0.2, 0.25) is 0 Å². The Morgan fingerprint density at radius 2 is 2.45 bits per heavy atom. The molecular weight excluding hydrogens is 134 g/mol. The van der Waals surface area contributed by atoms with E-state index in [1.165, 1.54) is 19.3 Å². The molecule has 58 valence electrons. The minimum atomic E-state index is 0.593. The van der Waals surface area contributed by atoms with E-state index in [0.29, 0.717) is 5.92 Å². The van der Waals surface area contributed by atoms with Gasteiger partial charge in [-0.2, -0.15) is 0 Å². The zero-order valence-corrected chi connectivity index (χ0v) is 6.66. The molecule has 1 heterocycles. The molecule has 1 heteroatoms. The second-order valence-corrected chi connectivity index (χ2v) is 3.24. The van der Waals surface area contributed by atoms with Gasteiger partial charge in [0.15, 0.2) is 0 Å². The molecule has 11 heavy (non-hydrogen) atoms. The van der Waals surface area contributed by atoms with E-state index < -0.39 is 0 Å². The molecule has 0 fully saturated rings. The van der Waals surface area contributed by atoms with Crippen molar-refractivity contribution in [2.75, 3.05) is 6.54 Å². The molecule has 1 unspecified atom stereocenters. The van der Waals surface area contributed by atoms with Crippen LogP contribution in [-0.2, 0) is 0 Å². The molecular formula is C10H13N. The molecule has 0 aromatic carbocycles. The van der Waals surface area contributed by atoms with Crippen molar-refractivity contribution < 1.29 is 0 Å². The molecule has 0 N–H and O–H groups in total. The predicted octanol–water partition coefficient (Wildman–Crippen LogP) is 2.35. The minimum Gasteiger partial charge on any atom is -0.297 e. The molecule has 2 rings (SSSR count). The van der Waals surface area contributed by atoms with Gasteiger partial charge >= 0.3 is 0 Å². The second-order valence-electron chi connectivity index (χ2n) is 3.24. The van der Waals surface area contributed by atoms with Crippen LogP contribution < -0.4 is 0 Å². The van der Waals surface area contributed by atoms with Gasteiger partial charge in [0.05, 0.1) is 0 Å². The van der Waals surface area contributed by atoms with Crippen molar-refractivity contribution in [3.8, 4) is 0 Å². The van der Waals surface area contributed by atoms with Gasteiger partial charge in [-0.25, -0.2) is 0 Å². The van der Waals surface area contributed by atoms with E-state index in [9.17, 15) is 0 Å². The number of allylic oxidation sites excluding steroid dienone is 4. The van der Waals surface area contributed by atoms with Crippen molar-refractivity contribution in [2.24, 2.45) is 10.9 Å². The van der Waals surface area contributed by atoms with Gasteiger partial charge in [-0.3, -0.25) is 4.99 Å². The lowest BCUT2D eigenvalue weighted by Crippen LogP contribution is -2.07. The molecule has 1 aliphatic carbocycles. The summed E-state index contributed by atoms with van der Waals surface area (Å²) in [5, 5.41) is 0. The van der Waals surface area contributed by atoms with Crippen LogP contribution in [0.15, 0.2) is 28.8 Å². The van der Waals surface area contributed by atoms with E-state index in [1.54, 1.807) is 5.57 Å². The van der Waals surface area contributed by atoms with Gasteiger partial charge in [0, 0.05) is 18.7 Å². The summed E-state index contributed by atoms with van der Waals surface area (Å²) in [4.78, 5) is 4.35. The Kier molecular flexibility index (Phi) is 1.89. The van der Waals surface area contributed by atoms with Crippen LogP contribution in [0.4, 0.5) is 0 Å². The van der Waals surface area contributed by atoms with E-state index in [-0.39, 0.29) is 0 Å². The monoisotopic (exact) mass is 147 g/mol. The van der Waals surface area contributed by atoms with Crippen LogP contribution in [0.5, 0.6) is 0 Å². The first kappa shape index (κ1) is 6.84. The van der Waals surface area contributed by atoms with Crippen LogP contribution in [0.3, 0.4) is 0 Å². The van der Waals surface area contributed by atoms with Crippen molar-refractivity contribution in [2.45, 2.75) is 19.3 Å². The van der Waals surface area contributed by atoms with Crippen molar-refractivity contribution in [3.63, 3.8) is 0 Å². The van der Waals surface area contributed by atoms with Crippen LogP contribution in [-0.4, -0.2) is 12.8 Å². The molecule has 0 spiro atoms. The molecule has 0 aromatic rings. The molecule has 1 aliphatic heterocycles. The van der Waals surface area contributed by atoms with Gasteiger partial charge < -0.3 is 0 Å². The fraction of sp³-hybridized carbons (Fsp3) is 0.500. The van der Waals surface area contributed by atoms with Crippen LogP contribution in [0.25, 0.3) is 0 Å². The Balaban J connectivity index is 2.19. The van der Waals surface area contributed by atoms with Crippen molar-refractivity contribution >= 4 is 6.21 Å². The number of nitrogens with zero attached hydrogens (tertiary/aromatic N) is 1. The lowest BCUT2D eigenvalue weighted by Gasteiger charge is -2.16. The Morgan fingerprint density at radius 3 is 3.45 bits per heavy atom. The topological polar surface area (TPSA) is 12.4 Å². The summed E-state index contributed by atoms with van der Waals surface area (Å²) in [6.07, 6.45) is 12.4. The third-order valence-corrected chi connectivity index (χ3v) is 2.27. The predicted molar refractivity (Wildman–Crippen MR) is 47.9 cm³/mol. The molecule has 2 bridgehead atoms. The van der Waals surface area contributed by atoms with Gasteiger partial charge in [0.1, 0.15) is 0 Å². The minimum absolute atomic E-state index is 0.593. The van der Waals surface area contributed by atoms with E-state index in [1.807, 2.05) is 0 Å². The number of fused-ring (bicyclic) bond motifs is 2. The standard InChI is InChI=1S/C10H13N/c1-3-9-5-2-6-11-8-10(4-1)7-9/h1,3-4,8,10H,2,5-7H2. The lowest BCUT2D eigenvalue weighted by atomic mass is 9.91. The molecule has 1 atom stereocenters. The Bertz CT molecular complexity index is 223. The van der Waals surface area contributed by atoms with Gasteiger partial charge in [0.25, 0.3) is 0 Å². The third kappa shape index (κ3) is 1.59. The summed E-state index contributed by atoms with van der Waals surface area (Å²) >= 11 is 0. The van der Waals surface area contributed by atoms with Crippen molar-refractivity contribution in [1.82, 2.24) is 0 Å². The summed E-state index contributed by atoms with van der Waals surface area (Å²) < 4.78 is 0. The third-order valence-electron chi connectivity index (χ3n) is 2.27. The highest BCUT2D eigenvalue weighted by molar-refractivity contribution is 5.64. The average molecular weight is 147 g/mol. The number of hydrogen-bond donors (Lipinski definition) is 0. The maximum atomic E-state index is 4.35. The smallest absolute Gasteiger partial charge is 0.0388 e. The first-order chi connectivity index (χ1) is 5.45. The van der Waals surface area contributed by atoms with E-state index >= 15 is 0 Å². The molecule has 0 amide bonds. The molecule has 0 aromatic heterocycles. The van der Waals surface area contributed by atoms with Gasteiger partial charge in [-0.15, -0.1) is 0 Å². The summed E-state index contributed by atoms with van der Waals surface area (Å²) in [5.74, 6) is 0.593. The number of aliphatic imine (C=N–C) groups is 1. The van der Waals surface area contributed by atoms with Crippen molar-refractivity contribution in [1.29, 1.82) is 0 Å². The largest absolute Gasteiger partial charge is 0.297 e. The van der Waals surface area contributed by atoms with E-state index in [0.717, 1.165) is 6.54 Å². The summed E-state index contributed by atoms with van der Waals surface area (Å²) in [7, 11) is 0. The van der Waals surface area contributed by atoms with E-state index in [2.05, 4.69) is 29.4 Å². The second kappa shape index (κ2) is 3.04. The molecule has 1 nitrogen and oxygen atoms in total. The highest BCUT2D eigenvalue weighted by atomic mass is 14.7. The Morgan fingerprint density at radius 1 is 1.45 bits per heavy atom. The van der Waals surface area contributed by atoms with Crippen LogP contribution in [0, 0.1) is 5.92 Å².